The molecule has 20 heteroatoms. The highest BCUT2D eigenvalue weighted by Gasteiger charge is 2.39. The number of aromatic nitrogens is 6. The van der Waals surface area contributed by atoms with E-state index in [2.05, 4.69) is 189 Å². The molecule has 0 radical (unpaired) electrons. The molecule has 6 aromatic rings. The van der Waals surface area contributed by atoms with Crippen LogP contribution in [0.5, 0.6) is 0 Å². The van der Waals surface area contributed by atoms with E-state index in [0.29, 0.717) is 46.7 Å². The molecule has 0 aliphatic carbocycles. The predicted molar refractivity (Wildman–Crippen MR) is 384 cm³/mol. The van der Waals surface area contributed by atoms with Gasteiger partial charge in [-0.05, 0) is 116 Å². The molecule has 6 aromatic heterocycles. The van der Waals surface area contributed by atoms with Crippen LogP contribution in [0.4, 0.5) is 0 Å². The van der Waals surface area contributed by atoms with Crippen LogP contribution in [0.15, 0.2) is 258 Å². The molecule has 0 fully saturated rings. The third-order valence-corrected chi connectivity index (χ3v) is 19.5. The zero-order valence-corrected chi connectivity index (χ0v) is 55.1. The van der Waals surface area contributed by atoms with E-state index in [1.807, 2.05) is 96.1 Å². The van der Waals surface area contributed by atoms with Crippen LogP contribution in [0.2, 0.25) is 0 Å². The third-order valence-electron chi connectivity index (χ3n) is 15.9. The highest BCUT2D eigenvalue weighted by Crippen LogP contribution is 2.43. The van der Waals surface area contributed by atoms with Gasteiger partial charge in [0.05, 0.1) is 11.5 Å². The molecule has 0 saturated carbocycles. The first kappa shape index (κ1) is 61.8. The summed E-state index contributed by atoms with van der Waals surface area (Å²) in [6, 6.07) is 24.9. The summed E-state index contributed by atoms with van der Waals surface area (Å²) in [4.78, 5) is 65.5. The SMILES string of the molecule is CCSCCN1C=CC(=C2C3=NC(=NC4=NC(=NC5=NC(=NC6=NC(=N3)C(c3cc[nH+]cc3)=C6c3cc[nH+]cc3)C(c3cc[n+](CCSCC)cc3)=C5c3cc[n+](CCSCC)cc3)C(c3ccncc3)=C4c3ccncc3)C2=C2C=CN(CCSCC)C=C2)C=C1. The maximum atomic E-state index is 5.75. The molecule has 16 nitrogen and oxygen atoms in total. The molecule has 0 aromatic carbocycles. The maximum absolute atomic E-state index is 5.75. The lowest BCUT2D eigenvalue weighted by atomic mass is 9.93. The van der Waals surface area contributed by atoms with Crippen molar-refractivity contribution in [2.45, 2.75) is 40.8 Å². The Hall–Kier alpha value is -9.08. The normalized spacial score (nSPS) is 16.8. The highest BCUT2D eigenvalue weighted by molar-refractivity contribution is 7.99. The van der Waals surface area contributed by atoms with E-state index in [1.165, 1.54) is 0 Å². The summed E-state index contributed by atoms with van der Waals surface area (Å²) in [5, 5.41) is 0. The fourth-order valence-corrected chi connectivity index (χ4v) is 14.0. The van der Waals surface area contributed by atoms with Gasteiger partial charge in [0, 0.05) is 167 Å². The number of H-pyrrole nitrogens is 2. The molecule has 8 bridgehead atoms. The molecule has 0 spiro atoms. The van der Waals surface area contributed by atoms with Gasteiger partial charge in [-0.3, -0.25) is 9.97 Å². The van der Waals surface area contributed by atoms with Crippen molar-refractivity contribution in [2.75, 3.05) is 59.1 Å². The maximum Gasteiger partial charge on any atom is 0.169 e. The molecule has 13 heterocycles. The number of allylic oxidation sites excluding steroid dienone is 6. The van der Waals surface area contributed by atoms with E-state index < -0.39 is 0 Å². The summed E-state index contributed by atoms with van der Waals surface area (Å²) in [5.41, 5.74) is 13.3. The molecule has 458 valence electrons. The molecule has 13 rings (SSSR count). The van der Waals surface area contributed by atoms with Crippen molar-refractivity contribution >= 4 is 127 Å². The minimum absolute atomic E-state index is 0.406. The minimum atomic E-state index is 0.406. The van der Waals surface area contributed by atoms with E-state index in [1.54, 1.807) is 24.8 Å². The van der Waals surface area contributed by atoms with E-state index >= 15 is 0 Å². The molecular formula is C72H70N16S4+4. The Kier molecular flexibility index (Phi) is 19.8. The summed E-state index contributed by atoms with van der Waals surface area (Å²) in [6.45, 7) is 12.2. The Morgan fingerprint density at radius 1 is 0.326 bits per heavy atom. The van der Waals surface area contributed by atoms with Crippen LogP contribution in [0.25, 0.3) is 33.4 Å². The fraction of sp³-hybridized carbons (Fsp3) is 0.222. The van der Waals surface area contributed by atoms with Crippen LogP contribution < -0.4 is 19.1 Å². The van der Waals surface area contributed by atoms with Crippen molar-refractivity contribution in [3.8, 4) is 0 Å². The van der Waals surface area contributed by atoms with Gasteiger partial charge in [0.2, 0.25) is 0 Å². The van der Waals surface area contributed by atoms with E-state index in [4.69, 9.17) is 39.9 Å². The van der Waals surface area contributed by atoms with Crippen molar-refractivity contribution < 1.29 is 19.1 Å². The topological polar surface area (TPSA) is 167 Å². The predicted octanol–water partition coefficient (Wildman–Crippen LogP) is 11.4. The van der Waals surface area contributed by atoms with Crippen molar-refractivity contribution in [3.63, 3.8) is 0 Å². The van der Waals surface area contributed by atoms with Gasteiger partial charge in [-0.1, -0.05) is 27.7 Å². The largest absolute Gasteiger partial charge is 0.353 e. The lowest BCUT2D eigenvalue weighted by molar-refractivity contribution is -0.692. The lowest BCUT2D eigenvalue weighted by Crippen LogP contribution is -2.34. The number of hydrogen-bond donors (Lipinski definition) is 0. The van der Waals surface area contributed by atoms with Crippen LogP contribution in [-0.2, 0) is 13.1 Å². The van der Waals surface area contributed by atoms with Crippen LogP contribution in [-0.4, -0.2) is 126 Å². The summed E-state index contributed by atoms with van der Waals surface area (Å²) < 4.78 is 4.47. The first-order valence-electron chi connectivity index (χ1n) is 31.2. The quantitative estimate of drug-likeness (QED) is 0.0478. The third kappa shape index (κ3) is 13.6. The number of aromatic amines is 2. The van der Waals surface area contributed by atoms with Crippen LogP contribution >= 0.6 is 47.0 Å². The standard InChI is InChI=1S/C72H68N16S4/c1-5-89-45-41-85-33-17-53(18-34-85)61-62(54-19-35-86(36-20-54)42-46-90-6-2)70-80-66-59(51-13-29-75-30-14-51)60(52-15-31-76-32-16-52)68(78-66)82-72-64(56-23-39-88(40-24-56)44-48-92-8-4)63(55-21-37-87(38-22-55)43-47-91-7-3)71(84-72)81-67-58(50-11-27-74-28-12-50)57(49-9-25-73-26-10-49)65(77-67)79-69(61)83-70/h9-40H,5-8,41-48H2,1-4H3/q+2/p+2. The Labute approximate surface area is 554 Å². The number of nitrogens with one attached hydrogen (secondary N) is 2. The Morgan fingerprint density at radius 3 is 0.880 bits per heavy atom. The van der Waals surface area contributed by atoms with Crippen molar-refractivity contribution in [3.05, 3.63) is 252 Å². The van der Waals surface area contributed by atoms with Gasteiger partial charge in [0.25, 0.3) is 0 Å². The number of amidine groups is 8. The van der Waals surface area contributed by atoms with Gasteiger partial charge < -0.3 is 9.80 Å². The number of rotatable bonds is 22. The van der Waals surface area contributed by atoms with Gasteiger partial charge >= 0.3 is 0 Å². The van der Waals surface area contributed by atoms with Crippen molar-refractivity contribution in [1.29, 1.82) is 0 Å². The average molecular weight is 1290 g/mol. The Bertz CT molecular complexity index is 4310. The average Bonchev–Trinajstić information content (AvgIpc) is 1.60. The molecule has 0 saturated heterocycles. The molecule has 7 aliphatic rings. The number of pyridine rings is 6. The van der Waals surface area contributed by atoms with Gasteiger partial charge in [-0.2, -0.15) is 47.0 Å². The number of nitrogens with zero attached hydrogens (tertiary/aromatic N) is 14. The van der Waals surface area contributed by atoms with Crippen molar-refractivity contribution in [1.82, 2.24) is 19.8 Å². The fourth-order valence-electron chi connectivity index (χ4n) is 11.5. The van der Waals surface area contributed by atoms with E-state index in [0.717, 1.165) is 161 Å². The van der Waals surface area contributed by atoms with Crippen LogP contribution in [0.3, 0.4) is 0 Å². The summed E-state index contributed by atoms with van der Waals surface area (Å²) in [6.07, 6.45) is 40.8. The summed E-state index contributed by atoms with van der Waals surface area (Å²) in [5.74, 6) is 11.5. The molecule has 92 heavy (non-hydrogen) atoms. The smallest absolute Gasteiger partial charge is 0.169 e. The summed E-state index contributed by atoms with van der Waals surface area (Å²) in [7, 11) is 0. The van der Waals surface area contributed by atoms with Gasteiger partial charge in [0.15, 0.2) is 109 Å². The van der Waals surface area contributed by atoms with E-state index in [-0.39, 0.29) is 0 Å². The van der Waals surface area contributed by atoms with E-state index in [9.17, 15) is 0 Å². The molecule has 2 N–H and O–H groups in total. The highest BCUT2D eigenvalue weighted by atomic mass is 32.2. The number of thioether (sulfide) groups is 4. The first-order valence-corrected chi connectivity index (χ1v) is 35.8. The second kappa shape index (κ2) is 29.5. The van der Waals surface area contributed by atoms with Crippen LogP contribution in [0.1, 0.15) is 61.1 Å². The van der Waals surface area contributed by atoms with Gasteiger partial charge in [-0.25, -0.2) is 59.0 Å². The second-order valence-corrected chi connectivity index (χ2v) is 27.2. The molecular weight excluding hydrogens is 1220 g/mol. The Morgan fingerprint density at radius 2 is 0.587 bits per heavy atom. The molecule has 0 amide bonds. The summed E-state index contributed by atoms with van der Waals surface area (Å²) >= 11 is 7.69. The molecule has 7 aliphatic heterocycles. The zero-order chi connectivity index (χ0) is 62.6. The molecule has 0 atom stereocenters. The number of fused-ring (bicyclic) bond motifs is 4. The van der Waals surface area contributed by atoms with Gasteiger partial charge in [-0.15, -0.1) is 0 Å². The minimum Gasteiger partial charge on any atom is -0.353 e. The Balaban J connectivity index is 1.14. The lowest BCUT2D eigenvalue weighted by Gasteiger charge is -2.21. The molecule has 0 unspecified atom stereocenters. The van der Waals surface area contributed by atoms with Gasteiger partial charge in [0.1, 0.15) is 0 Å². The number of aryl methyl sites for hydroxylation is 2. The second-order valence-electron chi connectivity index (χ2n) is 21.6. The number of hydrogen-bond acceptors (Lipinski definition) is 16. The van der Waals surface area contributed by atoms with Crippen molar-refractivity contribution in [2.24, 2.45) is 39.9 Å². The monoisotopic (exact) mass is 1290 g/mol. The van der Waals surface area contributed by atoms with Crippen LogP contribution in [0, 0.1) is 0 Å². The number of aliphatic imine (C=N–C) groups is 8. The first-order chi connectivity index (χ1) is 45.5. The zero-order valence-electron chi connectivity index (χ0n) is 51.9.